The van der Waals surface area contributed by atoms with E-state index in [1.54, 1.807) is 0 Å². The van der Waals surface area contributed by atoms with Gasteiger partial charge in [0.25, 0.3) is 0 Å². The third-order valence-electron chi connectivity index (χ3n) is 5.59. The summed E-state index contributed by atoms with van der Waals surface area (Å²) in [4.78, 5) is 11.2. The first-order chi connectivity index (χ1) is 12.1. The molecule has 0 amide bonds. The van der Waals surface area contributed by atoms with E-state index in [9.17, 15) is 0 Å². The lowest BCUT2D eigenvalue weighted by Gasteiger charge is -2.44. The standard InChI is InChI=1S/C18H25N5O2/c1-12-15(13(2)25-22-12)3-7-23-8-5-18(6-9-23)16-14(4-10-24-18)11-20-17(19)21-16/h11H,3-10H2,1-2H3,(H2,19,20,21). The fourth-order valence-electron chi connectivity index (χ4n) is 4.07. The van der Waals surface area contributed by atoms with Crippen LogP contribution in [0.25, 0.3) is 0 Å². The largest absolute Gasteiger partial charge is 0.368 e. The van der Waals surface area contributed by atoms with E-state index in [4.69, 9.17) is 15.0 Å². The molecule has 2 aliphatic rings. The summed E-state index contributed by atoms with van der Waals surface area (Å²) in [5, 5.41) is 4.04. The highest BCUT2D eigenvalue weighted by atomic mass is 16.5. The van der Waals surface area contributed by atoms with Crippen LogP contribution in [0.4, 0.5) is 5.95 Å². The van der Waals surface area contributed by atoms with Crippen LogP contribution in [0.3, 0.4) is 0 Å². The number of fused-ring (bicyclic) bond motifs is 2. The fourth-order valence-corrected chi connectivity index (χ4v) is 4.07. The Morgan fingerprint density at radius 1 is 1.28 bits per heavy atom. The highest BCUT2D eigenvalue weighted by Gasteiger charge is 2.42. The number of likely N-dealkylation sites (tertiary alicyclic amines) is 1. The number of hydrogen-bond acceptors (Lipinski definition) is 7. The molecule has 2 aromatic heterocycles. The molecule has 4 rings (SSSR count). The first-order valence-corrected chi connectivity index (χ1v) is 8.97. The van der Waals surface area contributed by atoms with Gasteiger partial charge >= 0.3 is 0 Å². The van der Waals surface area contributed by atoms with Crippen LogP contribution in [0.5, 0.6) is 0 Å². The van der Waals surface area contributed by atoms with E-state index in [2.05, 4.69) is 20.0 Å². The van der Waals surface area contributed by atoms with Gasteiger partial charge in [-0.25, -0.2) is 9.97 Å². The van der Waals surface area contributed by atoms with Crippen molar-refractivity contribution in [1.29, 1.82) is 0 Å². The van der Waals surface area contributed by atoms with Crippen molar-refractivity contribution >= 4 is 5.95 Å². The lowest BCUT2D eigenvalue weighted by molar-refractivity contribution is -0.101. The number of anilines is 1. The Balaban J connectivity index is 1.43. The van der Waals surface area contributed by atoms with Crippen LogP contribution in [0.2, 0.25) is 0 Å². The number of nitrogens with zero attached hydrogens (tertiary/aromatic N) is 4. The predicted octanol–water partition coefficient (Wildman–Crippen LogP) is 1.77. The molecule has 4 heterocycles. The summed E-state index contributed by atoms with van der Waals surface area (Å²) in [6.07, 6.45) is 5.59. The zero-order chi connectivity index (χ0) is 17.4. The van der Waals surface area contributed by atoms with Crippen molar-refractivity contribution in [2.45, 2.75) is 45.1 Å². The van der Waals surface area contributed by atoms with Crippen molar-refractivity contribution in [3.63, 3.8) is 0 Å². The molecule has 1 spiro atoms. The van der Waals surface area contributed by atoms with Crippen molar-refractivity contribution in [1.82, 2.24) is 20.0 Å². The van der Waals surface area contributed by atoms with Gasteiger partial charge < -0.3 is 19.9 Å². The molecule has 2 aromatic rings. The second-order valence-electron chi connectivity index (χ2n) is 7.09. The van der Waals surface area contributed by atoms with E-state index in [0.29, 0.717) is 5.95 Å². The Bertz CT molecular complexity index is 745. The topological polar surface area (TPSA) is 90.3 Å². The first kappa shape index (κ1) is 16.5. The second-order valence-corrected chi connectivity index (χ2v) is 7.09. The molecule has 0 aliphatic carbocycles. The van der Waals surface area contributed by atoms with E-state index in [0.717, 1.165) is 69.1 Å². The minimum atomic E-state index is -0.288. The summed E-state index contributed by atoms with van der Waals surface area (Å²) >= 11 is 0. The zero-order valence-electron chi connectivity index (χ0n) is 14.9. The van der Waals surface area contributed by atoms with E-state index in [1.165, 1.54) is 11.1 Å². The summed E-state index contributed by atoms with van der Waals surface area (Å²) in [5.74, 6) is 1.27. The van der Waals surface area contributed by atoms with Gasteiger partial charge in [-0.2, -0.15) is 0 Å². The minimum Gasteiger partial charge on any atom is -0.368 e. The van der Waals surface area contributed by atoms with Crippen molar-refractivity contribution in [3.8, 4) is 0 Å². The Kier molecular flexibility index (Phi) is 4.21. The number of nitrogens with two attached hydrogens (primary N) is 1. The van der Waals surface area contributed by atoms with Crippen molar-refractivity contribution in [2.24, 2.45) is 0 Å². The summed E-state index contributed by atoms with van der Waals surface area (Å²) in [6, 6.07) is 0. The van der Waals surface area contributed by atoms with Crippen LogP contribution in [-0.4, -0.2) is 46.3 Å². The molecular formula is C18H25N5O2. The molecule has 0 saturated carbocycles. The first-order valence-electron chi connectivity index (χ1n) is 8.97. The average molecular weight is 343 g/mol. The van der Waals surface area contributed by atoms with Crippen LogP contribution >= 0.6 is 0 Å². The Morgan fingerprint density at radius 3 is 2.80 bits per heavy atom. The van der Waals surface area contributed by atoms with Gasteiger partial charge in [0, 0.05) is 31.4 Å². The van der Waals surface area contributed by atoms with E-state index in [-0.39, 0.29) is 5.60 Å². The summed E-state index contributed by atoms with van der Waals surface area (Å²) in [6.45, 7) is 7.72. The van der Waals surface area contributed by atoms with E-state index < -0.39 is 0 Å². The molecule has 7 nitrogen and oxygen atoms in total. The Morgan fingerprint density at radius 2 is 2.08 bits per heavy atom. The van der Waals surface area contributed by atoms with Gasteiger partial charge in [-0.15, -0.1) is 0 Å². The maximum absolute atomic E-state index is 6.23. The Labute approximate surface area is 147 Å². The predicted molar refractivity (Wildman–Crippen MR) is 93.1 cm³/mol. The lowest BCUT2D eigenvalue weighted by Crippen LogP contribution is -2.47. The quantitative estimate of drug-likeness (QED) is 0.908. The molecule has 25 heavy (non-hydrogen) atoms. The molecule has 0 aromatic carbocycles. The van der Waals surface area contributed by atoms with Gasteiger partial charge in [0.2, 0.25) is 5.95 Å². The monoisotopic (exact) mass is 343 g/mol. The van der Waals surface area contributed by atoms with Crippen LogP contribution < -0.4 is 5.73 Å². The summed E-state index contributed by atoms with van der Waals surface area (Å²) in [7, 11) is 0. The Hall–Kier alpha value is -1.99. The SMILES string of the molecule is Cc1noc(C)c1CCN1CCC2(CC1)OCCc1cnc(N)nc12. The molecule has 0 bridgehead atoms. The van der Waals surface area contributed by atoms with Crippen LogP contribution in [0.15, 0.2) is 10.7 Å². The maximum atomic E-state index is 6.23. The van der Waals surface area contributed by atoms with Gasteiger partial charge in [-0.3, -0.25) is 0 Å². The average Bonchev–Trinajstić information content (AvgIpc) is 2.94. The van der Waals surface area contributed by atoms with Crippen molar-refractivity contribution in [2.75, 3.05) is 32.0 Å². The van der Waals surface area contributed by atoms with Crippen molar-refractivity contribution in [3.05, 3.63) is 34.5 Å². The van der Waals surface area contributed by atoms with Crippen LogP contribution in [-0.2, 0) is 23.2 Å². The van der Waals surface area contributed by atoms with Gasteiger partial charge in [0.15, 0.2) is 0 Å². The minimum absolute atomic E-state index is 0.288. The summed E-state index contributed by atoms with van der Waals surface area (Å²) in [5.41, 5.74) is 9.97. The van der Waals surface area contributed by atoms with Crippen LogP contribution in [0, 0.1) is 13.8 Å². The molecule has 2 N–H and O–H groups in total. The van der Waals surface area contributed by atoms with E-state index in [1.807, 2.05) is 20.0 Å². The molecule has 7 heteroatoms. The van der Waals surface area contributed by atoms with Crippen molar-refractivity contribution < 1.29 is 9.26 Å². The smallest absolute Gasteiger partial charge is 0.220 e. The number of rotatable bonds is 3. The number of aromatic nitrogens is 3. The molecule has 0 atom stereocenters. The van der Waals surface area contributed by atoms with Gasteiger partial charge in [-0.05, 0) is 45.1 Å². The fraction of sp³-hybridized carbons (Fsp3) is 0.611. The molecule has 0 unspecified atom stereocenters. The molecule has 134 valence electrons. The highest BCUT2D eigenvalue weighted by molar-refractivity contribution is 5.32. The molecule has 1 saturated heterocycles. The highest BCUT2D eigenvalue weighted by Crippen LogP contribution is 2.40. The zero-order valence-corrected chi connectivity index (χ0v) is 14.9. The van der Waals surface area contributed by atoms with Gasteiger partial charge in [0.05, 0.1) is 18.0 Å². The second kappa shape index (κ2) is 6.38. The normalized spacial score (nSPS) is 19.9. The van der Waals surface area contributed by atoms with Crippen LogP contribution in [0.1, 0.15) is 41.1 Å². The number of piperidine rings is 1. The molecular weight excluding hydrogens is 318 g/mol. The number of ether oxygens (including phenoxy) is 1. The third-order valence-corrected chi connectivity index (χ3v) is 5.59. The lowest BCUT2D eigenvalue weighted by atomic mass is 9.83. The maximum Gasteiger partial charge on any atom is 0.220 e. The third kappa shape index (κ3) is 3.02. The van der Waals surface area contributed by atoms with Gasteiger partial charge in [-0.1, -0.05) is 5.16 Å². The summed E-state index contributed by atoms with van der Waals surface area (Å²) < 4.78 is 11.5. The number of hydrogen-bond donors (Lipinski definition) is 1. The number of aryl methyl sites for hydroxylation is 2. The molecule has 0 radical (unpaired) electrons. The van der Waals surface area contributed by atoms with E-state index >= 15 is 0 Å². The molecule has 2 aliphatic heterocycles. The molecule has 1 fully saturated rings. The number of nitrogen functional groups attached to an aromatic ring is 1. The van der Waals surface area contributed by atoms with Gasteiger partial charge in [0.1, 0.15) is 11.4 Å².